The van der Waals surface area contributed by atoms with Crippen LogP contribution in [0.4, 0.5) is 13.2 Å². The highest BCUT2D eigenvalue weighted by atomic mass is 79.9. The lowest BCUT2D eigenvalue weighted by molar-refractivity contribution is -0.138. The van der Waals surface area contributed by atoms with Crippen molar-refractivity contribution in [2.24, 2.45) is 0 Å². The Morgan fingerprint density at radius 3 is 2.37 bits per heavy atom. The van der Waals surface area contributed by atoms with Gasteiger partial charge in [0.05, 0.1) is 5.56 Å². The number of amides is 1. The molecule has 0 fully saturated rings. The van der Waals surface area contributed by atoms with Crippen molar-refractivity contribution in [2.45, 2.75) is 33.0 Å². The van der Waals surface area contributed by atoms with Crippen molar-refractivity contribution in [3.05, 3.63) is 33.8 Å². The zero-order chi connectivity index (χ0) is 14.8. The van der Waals surface area contributed by atoms with Crippen LogP contribution in [-0.4, -0.2) is 23.4 Å². The third-order valence-electron chi connectivity index (χ3n) is 2.74. The fraction of sp³-hybridized carbons (Fsp3) is 0.462. The topological polar surface area (TPSA) is 20.3 Å². The summed E-state index contributed by atoms with van der Waals surface area (Å²) in [6, 6.07) is 3.48. The molecular weight excluding hydrogens is 323 g/mol. The number of alkyl halides is 3. The molecule has 0 N–H and O–H groups in total. The number of halogens is 4. The van der Waals surface area contributed by atoms with E-state index in [-0.39, 0.29) is 16.1 Å². The lowest BCUT2D eigenvalue weighted by Crippen LogP contribution is -2.36. The van der Waals surface area contributed by atoms with Crippen molar-refractivity contribution in [1.82, 2.24) is 4.90 Å². The molecule has 0 atom stereocenters. The average molecular weight is 338 g/mol. The minimum absolute atomic E-state index is 0.0473. The highest BCUT2D eigenvalue weighted by Gasteiger charge is 2.34. The summed E-state index contributed by atoms with van der Waals surface area (Å²) in [7, 11) is 0. The van der Waals surface area contributed by atoms with Gasteiger partial charge in [0.15, 0.2) is 0 Å². The molecule has 0 bridgehead atoms. The summed E-state index contributed by atoms with van der Waals surface area (Å²) in [5.74, 6) is -0.393. The fourth-order valence-corrected chi connectivity index (χ4v) is 2.26. The number of rotatable bonds is 3. The van der Waals surface area contributed by atoms with E-state index >= 15 is 0 Å². The van der Waals surface area contributed by atoms with Crippen LogP contribution in [0.5, 0.6) is 0 Å². The fourth-order valence-electron chi connectivity index (χ4n) is 1.78. The third-order valence-corrected chi connectivity index (χ3v) is 3.44. The lowest BCUT2D eigenvalue weighted by Gasteiger charge is -2.25. The molecule has 19 heavy (non-hydrogen) atoms. The third kappa shape index (κ3) is 3.72. The molecule has 106 valence electrons. The molecule has 0 aliphatic carbocycles. The normalized spacial score (nSPS) is 11.8. The molecule has 0 saturated carbocycles. The second-order valence-corrected chi connectivity index (χ2v) is 5.23. The van der Waals surface area contributed by atoms with Gasteiger partial charge in [-0.2, -0.15) is 13.2 Å². The first-order valence-electron chi connectivity index (χ1n) is 5.86. The molecule has 0 saturated heterocycles. The van der Waals surface area contributed by atoms with E-state index < -0.39 is 17.6 Å². The van der Waals surface area contributed by atoms with E-state index in [0.29, 0.717) is 6.54 Å². The number of hydrogen-bond donors (Lipinski definition) is 0. The summed E-state index contributed by atoms with van der Waals surface area (Å²) in [6.45, 7) is 5.89. The number of carbonyl (C=O) groups is 1. The van der Waals surface area contributed by atoms with Gasteiger partial charge >= 0.3 is 6.18 Å². The maximum atomic E-state index is 12.8. The van der Waals surface area contributed by atoms with Crippen molar-refractivity contribution >= 4 is 21.8 Å². The summed E-state index contributed by atoms with van der Waals surface area (Å²) in [4.78, 5) is 13.7. The molecule has 1 aromatic carbocycles. The monoisotopic (exact) mass is 337 g/mol. The van der Waals surface area contributed by atoms with E-state index in [1.165, 1.54) is 17.0 Å². The van der Waals surface area contributed by atoms with Gasteiger partial charge < -0.3 is 4.90 Å². The molecule has 0 heterocycles. The number of hydrogen-bond acceptors (Lipinski definition) is 1. The summed E-state index contributed by atoms with van der Waals surface area (Å²) >= 11 is 2.85. The zero-order valence-corrected chi connectivity index (χ0v) is 12.5. The van der Waals surface area contributed by atoms with Gasteiger partial charge in [0.1, 0.15) is 0 Å². The zero-order valence-electron chi connectivity index (χ0n) is 10.9. The van der Waals surface area contributed by atoms with Crippen molar-refractivity contribution in [2.75, 3.05) is 6.54 Å². The van der Waals surface area contributed by atoms with Gasteiger partial charge in [-0.25, -0.2) is 0 Å². The first-order chi connectivity index (χ1) is 8.68. The summed E-state index contributed by atoms with van der Waals surface area (Å²) in [6.07, 6.45) is -4.48. The van der Waals surface area contributed by atoms with Gasteiger partial charge in [0.25, 0.3) is 5.91 Å². The second-order valence-electron chi connectivity index (χ2n) is 4.38. The molecule has 1 amide bonds. The Hall–Kier alpha value is -1.04. The first-order valence-corrected chi connectivity index (χ1v) is 6.65. The first kappa shape index (κ1) is 16.0. The molecule has 0 aliphatic rings. The predicted octanol–water partition coefficient (Wildman–Crippen LogP) is 4.34. The van der Waals surface area contributed by atoms with Crippen molar-refractivity contribution < 1.29 is 18.0 Å². The van der Waals surface area contributed by atoms with Crippen molar-refractivity contribution in [3.63, 3.8) is 0 Å². The van der Waals surface area contributed by atoms with E-state index in [9.17, 15) is 18.0 Å². The smallest absolute Gasteiger partial charge is 0.337 e. The Bertz CT molecular complexity index is 471. The van der Waals surface area contributed by atoms with Crippen LogP contribution in [0.15, 0.2) is 22.7 Å². The molecular formula is C13H15BrF3NO. The van der Waals surface area contributed by atoms with E-state index in [4.69, 9.17) is 0 Å². The van der Waals surface area contributed by atoms with Crippen LogP contribution in [0.25, 0.3) is 0 Å². The Kier molecular flexibility index (Phi) is 5.01. The molecule has 1 aromatic rings. The van der Waals surface area contributed by atoms with Crippen LogP contribution in [0.3, 0.4) is 0 Å². The summed E-state index contributed by atoms with van der Waals surface area (Å²) in [5.41, 5.74) is -0.788. The maximum absolute atomic E-state index is 12.8. The number of carbonyl (C=O) groups excluding carboxylic acids is 1. The van der Waals surface area contributed by atoms with E-state index in [1.807, 2.05) is 13.8 Å². The average Bonchev–Trinajstić information content (AvgIpc) is 2.28. The van der Waals surface area contributed by atoms with Gasteiger partial charge in [-0.1, -0.05) is 15.9 Å². The quantitative estimate of drug-likeness (QED) is 0.803. The molecule has 1 rings (SSSR count). The standard InChI is InChI=1S/C13H15BrF3NO/c1-4-18(8(2)3)12(19)9-5-6-11(14)10(7-9)13(15,16)17/h5-8H,4H2,1-3H3. The van der Waals surface area contributed by atoms with Gasteiger partial charge in [-0.15, -0.1) is 0 Å². The Labute approximate surface area is 118 Å². The van der Waals surface area contributed by atoms with Crippen LogP contribution in [0.1, 0.15) is 36.7 Å². The van der Waals surface area contributed by atoms with Crippen molar-refractivity contribution in [3.8, 4) is 0 Å². The second kappa shape index (κ2) is 5.94. The molecule has 6 heteroatoms. The summed E-state index contributed by atoms with van der Waals surface area (Å²) in [5, 5.41) is 0. The molecule has 0 aliphatic heterocycles. The largest absolute Gasteiger partial charge is 0.417 e. The molecule has 0 unspecified atom stereocenters. The van der Waals surface area contributed by atoms with Crippen molar-refractivity contribution in [1.29, 1.82) is 0 Å². The van der Waals surface area contributed by atoms with Gasteiger partial charge in [-0.05, 0) is 39.0 Å². The molecule has 0 radical (unpaired) electrons. The van der Waals surface area contributed by atoms with Crippen LogP contribution in [-0.2, 0) is 6.18 Å². The van der Waals surface area contributed by atoms with Crippen LogP contribution in [0, 0.1) is 0 Å². The molecule has 0 aromatic heterocycles. The minimum atomic E-state index is -4.48. The minimum Gasteiger partial charge on any atom is -0.337 e. The van der Waals surface area contributed by atoms with E-state index in [1.54, 1.807) is 6.92 Å². The lowest BCUT2D eigenvalue weighted by atomic mass is 10.1. The molecule has 2 nitrogen and oxygen atoms in total. The number of nitrogens with zero attached hydrogens (tertiary/aromatic N) is 1. The highest BCUT2D eigenvalue weighted by molar-refractivity contribution is 9.10. The van der Waals surface area contributed by atoms with Gasteiger partial charge in [0.2, 0.25) is 0 Å². The van der Waals surface area contributed by atoms with Gasteiger partial charge in [-0.3, -0.25) is 4.79 Å². The summed E-state index contributed by atoms with van der Waals surface area (Å²) < 4.78 is 38.3. The van der Waals surface area contributed by atoms with E-state index in [0.717, 1.165) is 6.07 Å². The molecule has 0 spiro atoms. The number of benzene rings is 1. The van der Waals surface area contributed by atoms with Crippen LogP contribution < -0.4 is 0 Å². The SMILES string of the molecule is CCN(C(=O)c1ccc(Br)c(C(F)(F)F)c1)C(C)C. The maximum Gasteiger partial charge on any atom is 0.417 e. The Morgan fingerprint density at radius 2 is 1.95 bits per heavy atom. The Morgan fingerprint density at radius 1 is 1.37 bits per heavy atom. The Balaban J connectivity index is 3.19. The predicted molar refractivity (Wildman–Crippen MR) is 71.0 cm³/mol. The van der Waals surface area contributed by atoms with Crippen LogP contribution >= 0.6 is 15.9 Å². The highest BCUT2D eigenvalue weighted by Crippen LogP contribution is 2.35. The van der Waals surface area contributed by atoms with Gasteiger partial charge in [0, 0.05) is 22.6 Å². The van der Waals surface area contributed by atoms with Crippen LogP contribution in [0.2, 0.25) is 0 Å². The van der Waals surface area contributed by atoms with E-state index in [2.05, 4.69) is 15.9 Å².